The van der Waals surface area contributed by atoms with Crippen LogP contribution < -0.4 is 0 Å². The highest BCUT2D eigenvalue weighted by Crippen LogP contribution is 2.53. The largest absolute Gasteiger partial charge is 0.507 e. The van der Waals surface area contributed by atoms with Gasteiger partial charge in [0.1, 0.15) is 35.8 Å². The van der Waals surface area contributed by atoms with Gasteiger partial charge in [0.05, 0.1) is 47.3 Å². The average molecular weight is 821 g/mol. The van der Waals surface area contributed by atoms with Crippen LogP contribution in [0.5, 0.6) is 5.75 Å². The van der Waals surface area contributed by atoms with Crippen molar-refractivity contribution in [3.05, 3.63) is 64.3 Å². The van der Waals surface area contributed by atoms with Crippen molar-refractivity contribution < 1.29 is 77.2 Å². The van der Waals surface area contributed by atoms with Crippen LogP contribution in [0.3, 0.4) is 0 Å². The highest BCUT2D eigenvalue weighted by molar-refractivity contribution is 6.32. The average Bonchev–Trinajstić information content (AvgIpc) is 3.16. The van der Waals surface area contributed by atoms with Gasteiger partial charge in [-0.25, -0.2) is 0 Å². The second kappa shape index (κ2) is 14.4. The van der Waals surface area contributed by atoms with Crippen molar-refractivity contribution in [1.29, 1.82) is 0 Å². The molecule has 0 amide bonds. The van der Waals surface area contributed by atoms with Gasteiger partial charge >= 0.3 is 0 Å². The fourth-order valence-electron chi connectivity index (χ4n) is 10.0. The Morgan fingerprint density at radius 2 is 1.61 bits per heavy atom. The maximum Gasteiger partial charge on any atom is 0.198 e. The highest BCUT2D eigenvalue weighted by atomic mass is 16.7. The van der Waals surface area contributed by atoms with Gasteiger partial charge in [-0.2, -0.15) is 0 Å². The summed E-state index contributed by atoms with van der Waals surface area (Å²) < 4.78 is 48.6. The summed E-state index contributed by atoms with van der Waals surface area (Å²) in [5.74, 6) is -3.39. The molecule has 0 unspecified atom stereocenters. The Morgan fingerprint density at radius 1 is 0.831 bits per heavy atom. The van der Waals surface area contributed by atoms with E-state index in [1.54, 1.807) is 40.7 Å². The molecule has 16 nitrogen and oxygen atoms in total. The SMILES string of the molecule is C[C@@H]1O[C@H]2O[C@@H]3[C@H](C)O[C@H](c4ccc5c(c4O)C(=O)C4=C(C5=O)[C@@]5(O)C(=O)C[C@](C)(O[C@@H]6CC[C@H](O[C@H]7C=CC(=O)[C@@H](C)O7)[C@@H](C)O6)C[C@]5(O)C=C4)C[C@H]3O[C@H]2CC1=O. The second-order valence-corrected chi connectivity index (χ2v) is 17.3. The van der Waals surface area contributed by atoms with Gasteiger partial charge in [0.2, 0.25) is 0 Å². The van der Waals surface area contributed by atoms with Gasteiger partial charge in [-0.15, -0.1) is 0 Å². The molecule has 15 atom stereocenters. The number of hydrogen-bond donors (Lipinski definition) is 3. The van der Waals surface area contributed by atoms with Crippen molar-refractivity contribution in [2.75, 3.05) is 0 Å². The highest BCUT2D eigenvalue weighted by Gasteiger charge is 2.67. The topological polar surface area (TPSA) is 220 Å². The lowest BCUT2D eigenvalue weighted by Crippen LogP contribution is -2.69. The molecule has 5 aliphatic heterocycles. The Balaban J connectivity index is 0.912. The number of Topliss-reactive ketones (excluding diaryl/α,β-unsaturated/α-hetero) is 4. The van der Waals surface area contributed by atoms with E-state index in [9.17, 15) is 39.3 Å². The predicted octanol–water partition coefficient (Wildman–Crippen LogP) is 2.72. The van der Waals surface area contributed by atoms with Gasteiger partial charge in [0.25, 0.3) is 0 Å². The predicted molar refractivity (Wildman–Crippen MR) is 199 cm³/mol. The summed E-state index contributed by atoms with van der Waals surface area (Å²) in [5.41, 5.74) is -7.76. The van der Waals surface area contributed by atoms with E-state index in [4.69, 9.17) is 37.9 Å². The zero-order valence-corrected chi connectivity index (χ0v) is 33.3. The Bertz CT molecular complexity index is 2110. The number of carbonyl (C=O) groups excluding carboxylic acids is 5. The van der Waals surface area contributed by atoms with Crippen molar-refractivity contribution in [2.24, 2.45) is 0 Å². The number of ether oxygens (including phenoxy) is 8. The number of rotatable bonds is 5. The summed E-state index contributed by atoms with van der Waals surface area (Å²) in [6.07, 6.45) is -1.64. The lowest BCUT2D eigenvalue weighted by Gasteiger charge is -2.53. The molecule has 1 aromatic carbocycles. The first kappa shape index (κ1) is 40.6. The third-order valence-electron chi connectivity index (χ3n) is 13.1. The number of phenolic OH excluding ortho intramolecular Hbond substituents is 1. The summed E-state index contributed by atoms with van der Waals surface area (Å²) >= 11 is 0. The van der Waals surface area contributed by atoms with Crippen LogP contribution in [-0.4, -0.2) is 129 Å². The van der Waals surface area contributed by atoms with Crippen LogP contribution in [-0.2, 0) is 52.3 Å². The van der Waals surface area contributed by atoms with E-state index in [0.29, 0.717) is 12.8 Å². The molecule has 1 aromatic rings. The van der Waals surface area contributed by atoms with E-state index in [-0.39, 0.29) is 59.2 Å². The lowest BCUT2D eigenvalue weighted by atomic mass is 9.57. The van der Waals surface area contributed by atoms with Crippen molar-refractivity contribution in [3.8, 4) is 5.75 Å². The first-order valence-corrected chi connectivity index (χ1v) is 20.3. The Labute approximate surface area is 339 Å². The molecule has 1 saturated carbocycles. The Morgan fingerprint density at radius 3 is 2.36 bits per heavy atom. The van der Waals surface area contributed by atoms with E-state index in [0.717, 1.165) is 6.08 Å². The molecule has 3 aliphatic carbocycles. The molecule has 16 heteroatoms. The molecular formula is C43H48O16. The first-order valence-electron chi connectivity index (χ1n) is 20.3. The Kier molecular flexibility index (Phi) is 9.90. The van der Waals surface area contributed by atoms with Crippen molar-refractivity contribution in [2.45, 2.75) is 164 Å². The van der Waals surface area contributed by atoms with Crippen molar-refractivity contribution in [3.63, 3.8) is 0 Å². The number of carbonyl (C=O) groups is 5. The molecule has 59 heavy (non-hydrogen) atoms. The van der Waals surface area contributed by atoms with Gasteiger partial charge in [-0.1, -0.05) is 12.1 Å². The fraction of sp³-hybridized carbons (Fsp3) is 0.605. The molecular weight excluding hydrogens is 772 g/mol. The molecule has 8 aliphatic rings. The van der Waals surface area contributed by atoms with Gasteiger partial charge < -0.3 is 53.2 Å². The number of ketones is 5. The van der Waals surface area contributed by atoms with E-state index < -0.39 is 120 Å². The molecule has 5 fully saturated rings. The molecule has 0 spiro atoms. The maximum atomic E-state index is 14.4. The minimum atomic E-state index is -2.81. The van der Waals surface area contributed by atoms with Crippen LogP contribution in [0.15, 0.2) is 47.6 Å². The molecule has 316 valence electrons. The normalized spacial score (nSPS) is 44.4. The lowest BCUT2D eigenvalue weighted by molar-refractivity contribution is -0.347. The van der Waals surface area contributed by atoms with E-state index >= 15 is 0 Å². The summed E-state index contributed by atoms with van der Waals surface area (Å²) in [6, 6.07) is 2.79. The minimum absolute atomic E-state index is 0.101. The number of benzene rings is 1. The third kappa shape index (κ3) is 6.54. The summed E-state index contributed by atoms with van der Waals surface area (Å²) in [7, 11) is 0. The number of allylic oxidation sites excluding steroid dienone is 2. The number of hydrogen-bond acceptors (Lipinski definition) is 16. The smallest absolute Gasteiger partial charge is 0.198 e. The zero-order chi connectivity index (χ0) is 41.9. The molecule has 4 saturated heterocycles. The fourth-order valence-corrected chi connectivity index (χ4v) is 10.0. The van der Waals surface area contributed by atoms with Crippen LogP contribution >= 0.6 is 0 Å². The van der Waals surface area contributed by atoms with Gasteiger partial charge in [-0.05, 0) is 65.3 Å². The maximum absolute atomic E-state index is 14.4. The van der Waals surface area contributed by atoms with Crippen LogP contribution in [0.25, 0.3) is 0 Å². The third-order valence-corrected chi connectivity index (χ3v) is 13.1. The molecule has 0 aromatic heterocycles. The van der Waals surface area contributed by atoms with Crippen LogP contribution in [0.4, 0.5) is 0 Å². The van der Waals surface area contributed by atoms with Crippen molar-refractivity contribution >= 4 is 28.9 Å². The molecule has 3 N–H and O–H groups in total. The van der Waals surface area contributed by atoms with Crippen molar-refractivity contribution in [1.82, 2.24) is 0 Å². The van der Waals surface area contributed by atoms with Gasteiger partial charge in [-0.3, -0.25) is 24.0 Å². The zero-order valence-electron chi connectivity index (χ0n) is 33.3. The molecule has 9 rings (SSSR count). The van der Waals surface area contributed by atoms with Crippen LogP contribution in [0.1, 0.15) is 106 Å². The number of phenols is 1. The van der Waals surface area contributed by atoms with Gasteiger partial charge in [0.15, 0.2) is 53.4 Å². The molecule has 0 radical (unpaired) electrons. The number of aliphatic hydroxyl groups is 2. The number of aromatic hydroxyl groups is 1. The minimum Gasteiger partial charge on any atom is -0.507 e. The molecule has 0 bridgehead atoms. The van der Waals surface area contributed by atoms with Crippen LogP contribution in [0.2, 0.25) is 0 Å². The van der Waals surface area contributed by atoms with E-state index in [2.05, 4.69) is 0 Å². The molecule has 5 heterocycles. The number of fused-ring (bicyclic) bond motifs is 5. The van der Waals surface area contributed by atoms with E-state index in [1.165, 1.54) is 24.3 Å². The Hall–Kier alpha value is -3.81. The van der Waals surface area contributed by atoms with E-state index in [1.807, 2.05) is 0 Å². The monoisotopic (exact) mass is 820 g/mol. The summed E-state index contributed by atoms with van der Waals surface area (Å²) in [4.78, 5) is 66.9. The summed E-state index contributed by atoms with van der Waals surface area (Å²) in [6.45, 7) is 8.50. The second-order valence-electron chi connectivity index (χ2n) is 17.3. The van der Waals surface area contributed by atoms with Gasteiger partial charge in [0, 0.05) is 48.8 Å². The quantitative estimate of drug-likeness (QED) is 0.389. The van der Waals surface area contributed by atoms with Crippen LogP contribution in [0, 0.1) is 0 Å². The summed E-state index contributed by atoms with van der Waals surface area (Å²) in [5, 5.41) is 36.1. The first-order chi connectivity index (χ1) is 27.9. The standard InChI is InChI=1S/C43H48O16/c1-18-25(44)8-10-32(53-18)57-27-9-11-33(54-20(27)3)59-41(5)16-31(46)43(51)35-24(12-13-42(43,50)17-41)37(48)34-23(38(35)49)7-6-22(36(34)47)28-15-29-39(21(4)52-28)58-40-30(56-29)14-26(45)19(2)55-40/h6-8,10,12-13,18-21,27-30,32-33,39-40,47,50-51H,9,11,14-17H2,1-5H3/t18-,19+,20-,21+,27+,28+,29-,30+,32+,33-,39-,40+,41+,42-,43+/m1/s1.